The van der Waals surface area contributed by atoms with E-state index in [4.69, 9.17) is 5.11 Å². The molecule has 94 valence electrons. The van der Waals surface area contributed by atoms with Crippen LogP contribution in [0, 0.1) is 0 Å². The number of carbonyl (C=O) groups is 3. The van der Waals surface area contributed by atoms with Crippen molar-refractivity contribution in [3.05, 3.63) is 35.4 Å². The van der Waals surface area contributed by atoms with E-state index in [1.54, 1.807) is 24.3 Å². The maximum Gasteiger partial charge on any atom is 0.322 e. The quantitative estimate of drug-likeness (QED) is 0.657. The van der Waals surface area contributed by atoms with Gasteiger partial charge in [0.15, 0.2) is 0 Å². The number of carboxylic acid groups (broad SMARTS) is 1. The van der Waals surface area contributed by atoms with Crippen molar-refractivity contribution in [2.45, 2.75) is 18.9 Å². The Balaban J connectivity index is 2.00. The highest BCUT2D eigenvalue weighted by molar-refractivity contribution is 6.04. The number of hydrogen-bond acceptors (Lipinski definition) is 3. The highest BCUT2D eigenvalue weighted by Crippen LogP contribution is 2.09. The van der Waals surface area contributed by atoms with Gasteiger partial charge in [-0.15, -0.1) is 0 Å². The summed E-state index contributed by atoms with van der Waals surface area (Å²) in [6.45, 7) is 0. The zero-order valence-corrected chi connectivity index (χ0v) is 9.47. The van der Waals surface area contributed by atoms with Gasteiger partial charge in [0.05, 0.1) is 6.42 Å². The number of hydrogen-bond donors (Lipinski definition) is 3. The summed E-state index contributed by atoms with van der Waals surface area (Å²) in [5, 5.41) is 13.3. The van der Waals surface area contributed by atoms with Gasteiger partial charge >= 0.3 is 12.0 Å². The zero-order chi connectivity index (χ0) is 13.1. The number of carboxylic acids is 1. The number of rotatable bonds is 4. The monoisotopic (exact) mass is 248 g/mol. The standard InChI is InChI=1S/C12H12N2O4/c15-10(16)6-8-3-1-7(2-4-8)5-9-11(17)14-12(18)13-9/h1-4,9H,5-6H2,(H,15,16)(H2,13,14,17,18). The molecule has 1 unspecified atom stereocenters. The third-order valence-corrected chi connectivity index (χ3v) is 2.68. The van der Waals surface area contributed by atoms with Gasteiger partial charge in [0, 0.05) is 6.42 Å². The van der Waals surface area contributed by atoms with E-state index < -0.39 is 18.0 Å². The molecule has 0 spiro atoms. The number of imide groups is 1. The lowest BCUT2D eigenvalue weighted by molar-refractivity contribution is -0.136. The number of nitrogens with one attached hydrogen (secondary N) is 2. The minimum atomic E-state index is -0.884. The molecule has 1 aliphatic heterocycles. The van der Waals surface area contributed by atoms with E-state index in [0.29, 0.717) is 12.0 Å². The Labute approximate surface area is 103 Å². The molecule has 3 amide bonds. The molecule has 1 aromatic carbocycles. The number of carbonyl (C=O) groups excluding carboxylic acids is 2. The lowest BCUT2D eigenvalue weighted by Gasteiger charge is -2.07. The second kappa shape index (κ2) is 4.87. The van der Waals surface area contributed by atoms with Gasteiger partial charge in [-0.2, -0.15) is 0 Å². The van der Waals surface area contributed by atoms with Crippen molar-refractivity contribution in [2.75, 3.05) is 0 Å². The lowest BCUT2D eigenvalue weighted by atomic mass is 10.0. The van der Waals surface area contributed by atoms with Crippen molar-refractivity contribution >= 4 is 17.9 Å². The van der Waals surface area contributed by atoms with Crippen molar-refractivity contribution in [3.63, 3.8) is 0 Å². The molecule has 0 aromatic heterocycles. The highest BCUT2D eigenvalue weighted by atomic mass is 16.4. The van der Waals surface area contributed by atoms with Crippen LogP contribution < -0.4 is 10.6 Å². The largest absolute Gasteiger partial charge is 0.481 e. The van der Waals surface area contributed by atoms with Gasteiger partial charge in [-0.05, 0) is 11.1 Å². The van der Waals surface area contributed by atoms with Crippen LogP contribution in [0.25, 0.3) is 0 Å². The molecular weight excluding hydrogens is 236 g/mol. The zero-order valence-electron chi connectivity index (χ0n) is 9.47. The smallest absolute Gasteiger partial charge is 0.322 e. The average molecular weight is 248 g/mol. The average Bonchev–Trinajstić information content (AvgIpc) is 2.59. The molecule has 18 heavy (non-hydrogen) atoms. The van der Waals surface area contributed by atoms with Crippen molar-refractivity contribution in [3.8, 4) is 0 Å². The Bertz CT molecular complexity index is 495. The van der Waals surface area contributed by atoms with Crippen LogP contribution in [-0.4, -0.2) is 29.1 Å². The van der Waals surface area contributed by atoms with Crippen molar-refractivity contribution in [1.29, 1.82) is 0 Å². The molecule has 0 saturated carbocycles. The molecule has 0 radical (unpaired) electrons. The number of urea groups is 1. The molecule has 1 aromatic rings. The summed E-state index contributed by atoms with van der Waals surface area (Å²) in [6.07, 6.45) is 0.367. The summed E-state index contributed by atoms with van der Waals surface area (Å²) in [5.74, 6) is -1.22. The number of amides is 3. The van der Waals surface area contributed by atoms with E-state index in [9.17, 15) is 14.4 Å². The molecule has 1 fully saturated rings. The normalized spacial score (nSPS) is 18.3. The van der Waals surface area contributed by atoms with E-state index in [1.165, 1.54) is 0 Å². The van der Waals surface area contributed by atoms with Gasteiger partial charge in [-0.3, -0.25) is 14.9 Å². The first kappa shape index (κ1) is 12.1. The first-order valence-electron chi connectivity index (χ1n) is 5.45. The van der Waals surface area contributed by atoms with Gasteiger partial charge < -0.3 is 10.4 Å². The van der Waals surface area contributed by atoms with Crippen molar-refractivity contribution < 1.29 is 19.5 Å². The van der Waals surface area contributed by atoms with E-state index in [-0.39, 0.29) is 12.3 Å². The molecular formula is C12H12N2O4. The summed E-state index contributed by atoms with van der Waals surface area (Å²) >= 11 is 0. The summed E-state index contributed by atoms with van der Waals surface area (Å²) < 4.78 is 0. The van der Waals surface area contributed by atoms with Gasteiger partial charge in [-0.25, -0.2) is 4.79 Å². The highest BCUT2D eigenvalue weighted by Gasteiger charge is 2.29. The lowest BCUT2D eigenvalue weighted by Crippen LogP contribution is -2.31. The predicted molar refractivity (Wildman–Crippen MR) is 61.9 cm³/mol. The maximum atomic E-state index is 11.3. The van der Waals surface area contributed by atoms with Crippen LogP contribution in [0.4, 0.5) is 4.79 Å². The third kappa shape index (κ3) is 2.85. The van der Waals surface area contributed by atoms with Crippen LogP contribution in [0.1, 0.15) is 11.1 Å². The van der Waals surface area contributed by atoms with E-state index in [0.717, 1.165) is 5.56 Å². The minimum absolute atomic E-state index is 0.0269. The van der Waals surface area contributed by atoms with Gasteiger partial charge in [0.1, 0.15) is 6.04 Å². The Morgan fingerprint density at radius 1 is 1.17 bits per heavy atom. The van der Waals surface area contributed by atoms with Gasteiger partial charge in [0.2, 0.25) is 0 Å². The molecule has 1 atom stereocenters. The van der Waals surface area contributed by atoms with Crippen LogP contribution in [-0.2, 0) is 22.4 Å². The first-order valence-corrected chi connectivity index (χ1v) is 5.45. The topological polar surface area (TPSA) is 95.5 Å². The molecule has 1 heterocycles. The van der Waals surface area contributed by atoms with E-state index >= 15 is 0 Å². The Kier molecular flexibility index (Phi) is 3.27. The number of benzene rings is 1. The summed E-state index contributed by atoms with van der Waals surface area (Å²) in [7, 11) is 0. The van der Waals surface area contributed by atoms with E-state index in [1.807, 2.05) is 0 Å². The maximum absolute atomic E-state index is 11.3. The van der Waals surface area contributed by atoms with Crippen LogP contribution in [0.5, 0.6) is 0 Å². The van der Waals surface area contributed by atoms with Crippen molar-refractivity contribution in [2.24, 2.45) is 0 Å². The molecule has 3 N–H and O–H groups in total. The third-order valence-electron chi connectivity index (χ3n) is 2.68. The van der Waals surface area contributed by atoms with Crippen LogP contribution in [0.3, 0.4) is 0 Å². The van der Waals surface area contributed by atoms with Crippen LogP contribution >= 0.6 is 0 Å². The molecule has 0 bridgehead atoms. The van der Waals surface area contributed by atoms with Crippen LogP contribution in [0.15, 0.2) is 24.3 Å². The predicted octanol–water partition coefficient (Wildman–Crippen LogP) is 0.0642. The molecule has 1 aliphatic rings. The number of aliphatic carboxylic acids is 1. The molecule has 2 rings (SSSR count). The van der Waals surface area contributed by atoms with Crippen molar-refractivity contribution in [1.82, 2.24) is 10.6 Å². The van der Waals surface area contributed by atoms with Gasteiger partial charge in [0.25, 0.3) is 5.91 Å². The Morgan fingerprint density at radius 2 is 1.78 bits per heavy atom. The molecule has 6 heteroatoms. The Morgan fingerprint density at radius 3 is 2.28 bits per heavy atom. The second-order valence-corrected chi connectivity index (χ2v) is 4.11. The first-order chi connectivity index (χ1) is 8.54. The summed E-state index contributed by atoms with van der Waals surface area (Å²) in [6, 6.07) is 5.90. The minimum Gasteiger partial charge on any atom is -0.481 e. The van der Waals surface area contributed by atoms with Crippen LogP contribution in [0.2, 0.25) is 0 Å². The van der Waals surface area contributed by atoms with Gasteiger partial charge in [-0.1, -0.05) is 24.3 Å². The van der Waals surface area contributed by atoms with E-state index in [2.05, 4.69) is 10.6 Å². The summed E-state index contributed by atoms with van der Waals surface area (Å²) in [5.41, 5.74) is 1.57. The molecule has 1 saturated heterocycles. The fourth-order valence-electron chi connectivity index (χ4n) is 1.81. The summed E-state index contributed by atoms with van der Waals surface area (Å²) in [4.78, 5) is 32.8. The SMILES string of the molecule is O=C(O)Cc1ccc(CC2NC(=O)NC2=O)cc1. The Hall–Kier alpha value is -2.37. The fourth-order valence-corrected chi connectivity index (χ4v) is 1.81. The second-order valence-electron chi connectivity index (χ2n) is 4.11. The molecule has 6 nitrogen and oxygen atoms in total. The fraction of sp³-hybridized carbons (Fsp3) is 0.250. The molecule has 0 aliphatic carbocycles.